The predicted molar refractivity (Wildman–Crippen MR) is 74.8 cm³/mol. The van der Waals surface area contributed by atoms with Crippen LogP contribution >= 0.6 is 15.9 Å². The predicted octanol–water partition coefficient (Wildman–Crippen LogP) is 3.14. The third kappa shape index (κ3) is 2.18. The Bertz CT molecular complexity index is 451. The largest absolute Gasteiger partial charge is 0.350 e. The molecule has 1 fully saturated rings. The van der Waals surface area contributed by atoms with E-state index in [9.17, 15) is 4.79 Å². The lowest BCUT2D eigenvalue weighted by molar-refractivity contribution is -0.123. The van der Waals surface area contributed by atoms with Crippen molar-refractivity contribution < 1.29 is 4.79 Å². The van der Waals surface area contributed by atoms with Crippen molar-refractivity contribution in [2.45, 2.75) is 34.2 Å². The quantitative estimate of drug-likeness (QED) is 0.932. The minimum absolute atomic E-state index is 0.0875. The van der Waals surface area contributed by atoms with E-state index in [1.807, 2.05) is 12.1 Å². The van der Waals surface area contributed by atoms with Gasteiger partial charge in [-0.3, -0.25) is 9.78 Å². The fraction of sp³-hybridized carbons (Fsp3) is 0.571. The van der Waals surface area contributed by atoms with Gasteiger partial charge in [-0.05, 0) is 38.9 Å². The topological polar surface area (TPSA) is 42.0 Å². The van der Waals surface area contributed by atoms with E-state index in [4.69, 9.17) is 0 Å². The van der Waals surface area contributed by atoms with Gasteiger partial charge in [-0.15, -0.1) is 0 Å². The molecule has 1 heterocycles. The van der Waals surface area contributed by atoms with Crippen LogP contribution in [-0.4, -0.2) is 10.9 Å². The van der Waals surface area contributed by atoms with Crippen LogP contribution in [0.4, 0.5) is 0 Å². The van der Waals surface area contributed by atoms with Crippen LogP contribution in [0.15, 0.2) is 22.8 Å². The van der Waals surface area contributed by atoms with Crippen molar-refractivity contribution >= 4 is 21.8 Å². The molecule has 0 radical (unpaired) electrons. The lowest BCUT2D eigenvalue weighted by Crippen LogP contribution is -2.27. The van der Waals surface area contributed by atoms with E-state index in [0.29, 0.717) is 6.54 Å². The van der Waals surface area contributed by atoms with Gasteiger partial charge in [0.25, 0.3) is 0 Å². The normalized spacial score (nSPS) is 20.5. The van der Waals surface area contributed by atoms with Gasteiger partial charge in [-0.25, -0.2) is 0 Å². The molecule has 1 saturated carbocycles. The van der Waals surface area contributed by atoms with E-state index in [1.165, 1.54) is 0 Å². The number of carbonyl (C=O) groups is 1. The van der Waals surface area contributed by atoms with E-state index in [1.54, 1.807) is 6.20 Å². The Morgan fingerprint density at radius 1 is 1.33 bits per heavy atom. The fourth-order valence-corrected chi connectivity index (χ4v) is 2.88. The summed E-state index contributed by atoms with van der Waals surface area (Å²) in [5.74, 6) is 0.232. The van der Waals surface area contributed by atoms with Crippen molar-refractivity contribution in [1.82, 2.24) is 10.3 Å². The van der Waals surface area contributed by atoms with Gasteiger partial charge in [0.1, 0.15) is 0 Å². The lowest BCUT2D eigenvalue weighted by atomic mass is 10.0. The zero-order valence-electron chi connectivity index (χ0n) is 11.2. The maximum atomic E-state index is 12.1. The van der Waals surface area contributed by atoms with E-state index in [-0.39, 0.29) is 22.7 Å². The molecular formula is C14H19BrN2O. The van der Waals surface area contributed by atoms with Gasteiger partial charge in [0.15, 0.2) is 0 Å². The highest BCUT2D eigenvalue weighted by Crippen LogP contribution is 2.68. The van der Waals surface area contributed by atoms with Crippen molar-refractivity contribution in [3.63, 3.8) is 0 Å². The highest BCUT2D eigenvalue weighted by Gasteiger charge is 2.68. The van der Waals surface area contributed by atoms with Gasteiger partial charge in [-0.1, -0.05) is 27.7 Å². The number of nitrogens with zero attached hydrogens (tertiary/aromatic N) is 1. The second-order valence-corrected chi connectivity index (χ2v) is 6.98. The molecule has 2 rings (SSSR count). The minimum atomic E-state index is 0.0875. The Balaban J connectivity index is 1.92. The number of pyridine rings is 1. The number of rotatable bonds is 3. The van der Waals surface area contributed by atoms with Crippen LogP contribution in [-0.2, 0) is 11.3 Å². The molecule has 0 aliphatic heterocycles. The van der Waals surface area contributed by atoms with Crippen LogP contribution < -0.4 is 5.32 Å². The Hall–Kier alpha value is -0.900. The molecule has 4 heteroatoms. The van der Waals surface area contributed by atoms with Crippen LogP contribution in [0, 0.1) is 16.7 Å². The van der Waals surface area contributed by atoms with Gasteiger partial charge < -0.3 is 5.32 Å². The molecule has 0 spiro atoms. The molecule has 1 amide bonds. The first-order chi connectivity index (χ1) is 8.26. The van der Waals surface area contributed by atoms with Gasteiger partial charge >= 0.3 is 0 Å². The zero-order chi connectivity index (χ0) is 13.6. The molecule has 1 aromatic rings. The van der Waals surface area contributed by atoms with Gasteiger partial charge in [0.2, 0.25) is 5.91 Å². The zero-order valence-corrected chi connectivity index (χ0v) is 12.8. The summed E-state index contributed by atoms with van der Waals surface area (Å²) in [6.45, 7) is 9.09. The summed E-state index contributed by atoms with van der Waals surface area (Å²) in [5, 5.41) is 2.97. The first-order valence-electron chi connectivity index (χ1n) is 6.15. The fourth-order valence-electron chi connectivity index (χ4n) is 2.64. The number of hydrogen-bond acceptors (Lipinski definition) is 2. The molecule has 0 saturated heterocycles. The van der Waals surface area contributed by atoms with E-state index < -0.39 is 0 Å². The monoisotopic (exact) mass is 310 g/mol. The Morgan fingerprint density at radius 3 is 2.39 bits per heavy atom. The Morgan fingerprint density at radius 2 is 1.94 bits per heavy atom. The summed E-state index contributed by atoms with van der Waals surface area (Å²) in [4.78, 5) is 16.4. The van der Waals surface area contributed by atoms with Gasteiger partial charge in [-0.2, -0.15) is 0 Å². The number of aromatic nitrogens is 1. The average molecular weight is 311 g/mol. The molecule has 0 aromatic carbocycles. The van der Waals surface area contributed by atoms with E-state index in [0.717, 1.165) is 10.2 Å². The molecule has 18 heavy (non-hydrogen) atoms. The highest BCUT2D eigenvalue weighted by atomic mass is 79.9. The molecule has 1 N–H and O–H groups in total. The Kier molecular flexibility index (Phi) is 3.26. The lowest BCUT2D eigenvalue weighted by Gasteiger charge is -2.06. The summed E-state index contributed by atoms with van der Waals surface area (Å²) >= 11 is 3.34. The van der Waals surface area contributed by atoms with Crippen LogP contribution in [0.1, 0.15) is 33.4 Å². The number of nitrogens with one attached hydrogen (secondary N) is 1. The summed E-state index contributed by atoms with van der Waals surface area (Å²) in [6, 6.07) is 3.84. The maximum absolute atomic E-state index is 12.1. The molecular weight excluding hydrogens is 292 g/mol. The van der Waals surface area contributed by atoms with Gasteiger partial charge in [0.05, 0.1) is 12.2 Å². The van der Waals surface area contributed by atoms with Crippen molar-refractivity contribution in [2.75, 3.05) is 0 Å². The molecule has 0 atom stereocenters. The molecule has 1 aliphatic rings. The first kappa shape index (κ1) is 13.5. The first-order valence-corrected chi connectivity index (χ1v) is 6.94. The Labute approximate surface area is 117 Å². The smallest absolute Gasteiger partial charge is 0.224 e. The average Bonchev–Trinajstić information content (AvgIpc) is 2.68. The molecule has 0 bridgehead atoms. The summed E-state index contributed by atoms with van der Waals surface area (Å²) in [7, 11) is 0. The maximum Gasteiger partial charge on any atom is 0.224 e. The van der Waals surface area contributed by atoms with Gasteiger partial charge in [0, 0.05) is 16.6 Å². The van der Waals surface area contributed by atoms with Crippen LogP contribution in [0.5, 0.6) is 0 Å². The third-order valence-corrected chi connectivity index (χ3v) is 4.98. The second kappa shape index (κ2) is 4.34. The molecule has 98 valence electrons. The summed E-state index contributed by atoms with van der Waals surface area (Å²) in [5.41, 5.74) is 1.05. The van der Waals surface area contributed by atoms with Crippen molar-refractivity contribution in [2.24, 2.45) is 16.7 Å². The molecule has 3 nitrogen and oxygen atoms in total. The number of amides is 1. The molecule has 0 unspecified atom stereocenters. The van der Waals surface area contributed by atoms with Crippen molar-refractivity contribution in [3.05, 3.63) is 28.5 Å². The second-order valence-electron chi connectivity index (χ2n) is 6.06. The van der Waals surface area contributed by atoms with Crippen LogP contribution in [0.3, 0.4) is 0 Å². The molecule has 1 aromatic heterocycles. The number of halogens is 1. The van der Waals surface area contributed by atoms with Crippen molar-refractivity contribution in [3.8, 4) is 0 Å². The summed E-state index contributed by atoms with van der Waals surface area (Å²) in [6.07, 6.45) is 1.74. The van der Waals surface area contributed by atoms with E-state index >= 15 is 0 Å². The SMILES string of the molecule is CC1(C)C(C(=O)NCc2ccc(Br)cn2)C1(C)C. The number of carbonyl (C=O) groups excluding carboxylic acids is 1. The van der Waals surface area contributed by atoms with Crippen LogP contribution in [0.2, 0.25) is 0 Å². The molecule has 1 aliphatic carbocycles. The minimum Gasteiger partial charge on any atom is -0.350 e. The van der Waals surface area contributed by atoms with Crippen molar-refractivity contribution in [1.29, 1.82) is 0 Å². The third-order valence-electron chi connectivity index (χ3n) is 4.52. The standard InChI is InChI=1S/C14H19BrN2O/c1-13(2)11(14(13,3)4)12(18)17-8-10-6-5-9(15)7-16-10/h5-7,11H,8H2,1-4H3,(H,17,18). The van der Waals surface area contributed by atoms with E-state index in [2.05, 4.69) is 53.9 Å². The highest BCUT2D eigenvalue weighted by molar-refractivity contribution is 9.10. The summed E-state index contributed by atoms with van der Waals surface area (Å²) < 4.78 is 0.946. The van der Waals surface area contributed by atoms with Crippen LogP contribution in [0.25, 0.3) is 0 Å². The number of hydrogen-bond donors (Lipinski definition) is 1.